The minimum absolute atomic E-state index is 0. The maximum atomic E-state index is 12.1. The number of fused-ring (bicyclic) bond motifs is 2. The van der Waals surface area contributed by atoms with Gasteiger partial charge in [0.25, 0.3) is 0 Å². The molecule has 2 rings (SSSR count). The molecule has 0 saturated heterocycles. The summed E-state index contributed by atoms with van der Waals surface area (Å²) < 4.78 is 0. The van der Waals surface area contributed by atoms with Crippen LogP contribution in [-0.4, -0.2) is 29.3 Å². The number of Topliss-reactive ketones (excluding diaryl/α,β-unsaturated/α-hetero) is 1. The van der Waals surface area contributed by atoms with Gasteiger partial charge in [-0.05, 0) is 52.9 Å². The molecule has 2 nitrogen and oxygen atoms in total. The van der Waals surface area contributed by atoms with E-state index in [1.165, 1.54) is 19.3 Å². The van der Waals surface area contributed by atoms with Gasteiger partial charge in [0.2, 0.25) is 0 Å². The number of rotatable bonds is 4. The first-order chi connectivity index (χ1) is 7.50. The van der Waals surface area contributed by atoms with Crippen molar-refractivity contribution in [2.45, 2.75) is 59.0 Å². The van der Waals surface area contributed by atoms with Crippen molar-refractivity contribution in [2.24, 2.45) is 17.8 Å². The highest BCUT2D eigenvalue weighted by molar-refractivity contribution is 5.87. The Hall–Kier alpha value is -0.0800. The zero-order valence-corrected chi connectivity index (χ0v) is 12.3. The number of ketones is 1. The summed E-state index contributed by atoms with van der Waals surface area (Å²) in [5.41, 5.74) is 0. The molecule has 0 aromatic rings. The van der Waals surface area contributed by atoms with Crippen LogP contribution in [0.4, 0.5) is 0 Å². The molecule has 100 valence electrons. The van der Waals surface area contributed by atoms with Crippen LogP contribution in [0.1, 0.15) is 47.0 Å². The molecule has 0 N–H and O–H groups in total. The van der Waals surface area contributed by atoms with Crippen molar-refractivity contribution < 1.29 is 4.79 Å². The van der Waals surface area contributed by atoms with Crippen LogP contribution < -0.4 is 0 Å². The van der Waals surface area contributed by atoms with Crippen molar-refractivity contribution in [1.29, 1.82) is 0 Å². The predicted molar refractivity (Wildman–Crippen MR) is 73.6 cm³/mol. The van der Waals surface area contributed by atoms with Gasteiger partial charge in [-0.1, -0.05) is 0 Å². The monoisotopic (exact) mass is 259 g/mol. The number of hydrogen-bond donors (Lipinski definition) is 0. The molecule has 0 aromatic heterocycles. The Labute approximate surface area is 112 Å². The van der Waals surface area contributed by atoms with Gasteiger partial charge >= 0.3 is 0 Å². The van der Waals surface area contributed by atoms with Gasteiger partial charge in [0.1, 0.15) is 5.78 Å². The number of carbonyl (C=O) groups is 1. The molecule has 2 aliphatic rings. The fraction of sp³-hybridized carbons (Fsp3) is 0.929. The lowest BCUT2D eigenvalue weighted by Gasteiger charge is -2.34. The van der Waals surface area contributed by atoms with E-state index >= 15 is 0 Å². The van der Waals surface area contributed by atoms with E-state index in [4.69, 9.17) is 0 Å². The molecule has 0 aliphatic heterocycles. The van der Waals surface area contributed by atoms with E-state index in [1.54, 1.807) is 0 Å². The highest BCUT2D eigenvalue weighted by Crippen LogP contribution is 2.46. The Morgan fingerprint density at radius 3 is 2.18 bits per heavy atom. The lowest BCUT2D eigenvalue weighted by molar-refractivity contribution is -0.126. The van der Waals surface area contributed by atoms with Gasteiger partial charge in [0.15, 0.2) is 0 Å². The summed E-state index contributed by atoms with van der Waals surface area (Å²) in [6, 6.07) is 1.10. The fourth-order valence-electron chi connectivity index (χ4n) is 3.66. The molecule has 0 heterocycles. The summed E-state index contributed by atoms with van der Waals surface area (Å²) in [5.74, 6) is 2.06. The SMILES string of the molecule is CC(C)N(C[C@@H]1C(=O)[C@@H]2CCC1C2)C(C)C.Cl. The van der Waals surface area contributed by atoms with Crippen LogP contribution in [-0.2, 0) is 4.79 Å². The number of nitrogens with zero attached hydrogens (tertiary/aromatic N) is 1. The zero-order valence-electron chi connectivity index (χ0n) is 11.5. The molecule has 1 unspecified atom stereocenters. The van der Waals surface area contributed by atoms with Crippen molar-refractivity contribution in [3.8, 4) is 0 Å². The molecule has 0 radical (unpaired) electrons. The van der Waals surface area contributed by atoms with Crippen LogP contribution in [0, 0.1) is 17.8 Å². The van der Waals surface area contributed by atoms with Crippen LogP contribution in [0.25, 0.3) is 0 Å². The lowest BCUT2D eigenvalue weighted by Crippen LogP contribution is -2.43. The van der Waals surface area contributed by atoms with E-state index in [9.17, 15) is 4.79 Å². The van der Waals surface area contributed by atoms with Crippen LogP contribution in [0.2, 0.25) is 0 Å². The summed E-state index contributed by atoms with van der Waals surface area (Å²) in [5, 5.41) is 0. The molecule has 0 aromatic carbocycles. The lowest BCUT2D eigenvalue weighted by atomic mass is 9.87. The van der Waals surface area contributed by atoms with Gasteiger partial charge in [0, 0.05) is 30.5 Å². The second kappa shape index (κ2) is 5.71. The van der Waals surface area contributed by atoms with Crippen molar-refractivity contribution in [1.82, 2.24) is 4.90 Å². The van der Waals surface area contributed by atoms with E-state index < -0.39 is 0 Å². The third-order valence-electron chi connectivity index (χ3n) is 4.54. The van der Waals surface area contributed by atoms with Gasteiger partial charge in [-0.2, -0.15) is 0 Å². The maximum absolute atomic E-state index is 12.1. The molecule has 2 aliphatic carbocycles. The summed E-state index contributed by atoms with van der Waals surface area (Å²) in [4.78, 5) is 14.6. The largest absolute Gasteiger partial charge is 0.299 e. The number of halogens is 1. The molecule has 2 bridgehead atoms. The molecule has 2 saturated carbocycles. The fourth-order valence-corrected chi connectivity index (χ4v) is 3.66. The maximum Gasteiger partial charge on any atom is 0.140 e. The van der Waals surface area contributed by atoms with Crippen molar-refractivity contribution in [2.75, 3.05) is 6.54 Å². The van der Waals surface area contributed by atoms with Gasteiger partial charge in [-0.25, -0.2) is 0 Å². The molecule has 0 amide bonds. The average Bonchev–Trinajstić information content (AvgIpc) is 2.74. The third kappa shape index (κ3) is 2.85. The summed E-state index contributed by atoms with van der Waals surface area (Å²) in [7, 11) is 0. The van der Waals surface area contributed by atoms with E-state index in [0.29, 0.717) is 35.6 Å². The Balaban J connectivity index is 0.00000144. The standard InChI is InChI=1S/C14H25NO.ClH/c1-9(2)15(10(3)4)8-13-11-5-6-12(7-11)14(13)16;/h9-13H,5-8H2,1-4H3;1H/t11?,12-,13+;/m1./s1. The smallest absolute Gasteiger partial charge is 0.140 e. The Bertz CT molecular complexity index is 269. The first kappa shape index (κ1) is 15.0. The molecule has 2 fully saturated rings. The van der Waals surface area contributed by atoms with Crippen LogP contribution >= 0.6 is 12.4 Å². The topological polar surface area (TPSA) is 20.3 Å². The minimum atomic E-state index is 0. The van der Waals surface area contributed by atoms with Crippen molar-refractivity contribution in [3.63, 3.8) is 0 Å². The van der Waals surface area contributed by atoms with E-state index in [0.717, 1.165) is 6.54 Å². The Kier molecular flexibility index (Phi) is 5.03. The molecular formula is C14H26ClNO. The molecule has 17 heavy (non-hydrogen) atoms. The van der Waals surface area contributed by atoms with Crippen molar-refractivity contribution >= 4 is 18.2 Å². The van der Waals surface area contributed by atoms with Crippen molar-refractivity contribution in [3.05, 3.63) is 0 Å². The van der Waals surface area contributed by atoms with Crippen LogP contribution in [0.3, 0.4) is 0 Å². The summed E-state index contributed by atoms with van der Waals surface area (Å²) >= 11 is 0. The Morgan fingerprint density at radius 2 is 1.76 bits per heavy atom. The molecule has 3 heteroatoms. The highest BCUT2D eigenvalue weighted by Gasteiger charge is 2.47. The summed E-state index contributed by atoms with van der Waals surface area (Å²) in [6.45, 7) is 9.93. The average molecular weight is 260 g/mol. The number of carbonyl (C=O) groups excluding carboxylic acids is 1. The van der Waals surface area contributed by atoms with Gasteiger partial charge < -0.3 is 0 Å². The first-order valence-electron chi connectivity index (χ1n) is 6.80. The minimum Gasteiger partial charge on any atom is -0.299 e. The molecule has 3 atom stereocenters. The second-order valence-electron chi connectivity index (χ2n) is 6.16. The van der Waals surface area contributed by atoms with E-state index in [-0.39, 0.29) is 12.4 Å². The van der Waals surface area contributed by atoms with Gasteiger partial charge in [0.05, 0.1) is 0 Å². The van der Waals surface area contributed by atoms with E-state index in [1.807, 2.05) is 0 Å². The molecule has 0 spiro atoms. The highest BCUT2D eigenvalue weighted by atomic mass is 35.5. The van der Waals surface area contributed by atoms with Gasteiger partial charge in [-0.3, -0.25) is 9.69 Å². The second-order valence-corrected chi connectivity index (χ2v) is 6.16. The quantitative estimate of drug-likeness (QED) is 0.773. The first-order valence-corrected chi connectivity index (χ1v) is 6.80. The zero-order chi connectivity index (χ0) is 11.9. The van der Waals surface area contributed by atoms with Crippen LogP contribution in [0.5, 0.6) is 0 Å². The Morgan fingerprint density at radius 1 is 1.18 bits per heavy atom. The van der Waals surface area contributed by atoms with Crippen LogP contribution in [0.15, 0.2) is 0 Å². The number of hydrogen-bond acceptors (Lipinski definition) is 2. The van der Waals surface area contributed by atoms with Gasteiger partial charge in [-0.15, -0.1) is 12.4 Å². The summed E-state index contributed by atoms with van der Waals surface area (Å²) in [6.07, 6.45) is 3.65. The van der Waals surface area contributed by atoms with E-state index in [2.05, 4.69) is 32.6 Å². The predicted octanol–water partition coefficient (Wildman–Crippen LogP) is 3.14. The molecular weight excluding hydrogens is 234 g/mol. The third-order valence-corrected chi connectivity index (χ3v) is 4.54. The normalized spacial score (nSPS) is 31.7.